The van der Waals surface area contributed by atoms with Crippen molar-refractivity contribution < 1.29 is 4.79 Å². The number of nitrogens with zero attached hydrogens (tertiary/aromatic N) is 3. The lowest BCUT2D eigenvalue weighted by Crippen LogP contribution is -2.41. The highest BCUT2D eigenvalue weighted by Gasteiger charge is 2.41. The summed E-state index contributed by atoms with van der Waals surface area (Å²) in [5.41, 5.74) is 1.25. The number of carbonyl (C=O) groups excluding carboxylic acids is 1. The molecule has 3 heterocycles. The van der Waals surface area contributed by atoms with Gasteiger partial charge in [-0.25, -0.2) is 4.98 Å². The van der Waals surface area contributed by atoms with Crippen molar-refractivity contribution in [2.24, 2.45) is 5.92 Å². The summed E-state index contributed by atoms with van der Waals surface area (Å²) in [7, 11) is 0. The maximum absolute atomic E-state index is 12.3. The van der Waals surface area contributed by atoms with Crippen molar-refractivity contribution in [2.45, 2.75) is 25.4 Å². The van der Waals surface area contributed by atoms with Crippen molar-refractivity contribution in [3.63, 3.8) is 0 Å². The van der Waals surface area contributed by atoms with Crippen molar-refractivity contribution in [1.29, 1.82) is 5.26 Å². The molecule has 5 nitrogen and oxygen atoms in total. The van der Waals surface area contributed by atoms with Crippen LogP contribution in [0, 0.1) is 17.2 Å². The Balaban J connectivity index is 1.77. The van der Waals surface area contributed by atoms with Gasteiger partial charge in [-0.1, -0.05) is 6.07 Å². The quantitative estimate of drug-likeness (QED) is 0.844. The number of hydrogen-bond acceptors (Lipinski definition) is 4. The molecule has 0 aromatic carbocycles. The van der Waals surface area contributed by atoms with E-state index in [1.165, 1.54) is 0 Å². The zero-order valence-electron chi connectivity index (χ0n) is 10.7. The van der Waals surface area contributed by atoms with E-state index >= 15 is 0 Å². The summed E-state index contributed by atoms with van der Waals surface area (Å²) in [4.78, 5) is 18.2. The van der Waals surface area contributed by atoms with E-state index in [2.05, 4.69) is 16.4 Å². The SMILES string of the molecule is N#Cc1ncccc1CN1CC2NCCCC2C1=O. The highest BCUT2D eigenvalue weighted by Crippen LogP contribution is 2.27. The average molecular weight is 256 g/mol. The third kappa shape index (κ3) is 2.20. The van der Waals surface area contributed by atoms with Crippen LogP contribution in [0.15, 0.2) is 18.3 Å². The van der Waals surface area contributed by atoms with Crippen molar-refractivity contribution >= 4 is 5.91 Å². The van der Waals surface area contributed by atoms with Crippen LogP contribution >= 0.6 is 0 Å². The molecule has 2 aliphatic heterocycles. The Morgan fingerprint density at radius 3 is 3.26 bits per heavy atom. The smallest absolute Gasteiger partial charge is 0.227 e. The molecule has 2 unspecified atom stereocenters. The molecule has 0 aliphatic carbocycles. The second kappa shape index (κ2) is 4.98. The standard InChI is InChI=1S/C14H16N4O/c15-7-12-10(3-1-5-16-12)8-18-9-13-11(14(18)19)4-2-6-17-13/h1,3,5,11,13,17H,2,4,6,8-9H2. The van der Waals surface area contributed by atoms with Crippen LogP contribution in [0.5, 0.6) is 0 Å². The van der Waals surface area contributed by atoms with Crippen LogP contribution in [0.25, 0.3) is 0 Å². The first-order valence-electron chi connectivity index (χ1n) is 6.66. The number of nitriles is 1. The Labute approximate surface area is 112 Å². The minimum Gasteiger partial charge on any atom is -0.336 e. The number of rotatable bonds is 2. The van der Waals surface area contributed by atoms with Gasteiger partial charge in [-0.15, -0.1) is 0 Å². The topological polar surface area (TPSA) is 69.0 Å². The Morgan fingerprint density at radius 2 is 2.47 bits per heavy atom. The van der Waals surface area contributed by atoms with Gasteiger partial charge in [0, 0.05) is 30.9 Å². The van der Waals surface area contributed by atoms with E-state index in [0.717, 1.165) is 31.5 Å². The maximum Gasteiger partial charge on any atom is 0.227 e. The van der Waals surface area contributed by atoms with Gasteiger partial charge >= 0.3 is 0 Å². The van der Waals surface area contributed by atoms with E-state index in [1.807, 2.05) is 17.0 Å². The third-order valence-electron chi connectivity index (χ3n) is 3.99. The molecule has 2 saturated heterocycles. The molecule has 98 valence electrons. The molecule has 2 atom stereocenters. The number of pyridine rings is 1. The van der Waals surface area contributed by atoms with Crippen molar-refractivity contribution in [2.75, 3.05) is 13.1 Å². The lowest BCUT2D eigenvalue weighted by atomic mass is 9.94. The van der Waals surface area contributed by atoms with Crippen LogP contribution in [0.4, 0.5) is 0 Å². The van der Waals surface area contributed by atoms with Gasteiger partial charge in [0.1, 0.15) is 11.8 Å². The molecule has 5 heteroatoms. The number of amides is 1. The second-order valence-electron chi connectivity index (χ2n) is 5.15. The van der Waals surface area contributed by atoms with E-state index in [-0.39, 0.29) is 17.9 Å². The van der Waals surface area contributed by atoms with Crippen molar-refractivity contribution in [3.8, 4) is 6.07 Å². The monoisotopic (exact) mass is 256 g/mol. The van der Waals surface area contributed by atoms with Crippen LogP contribution < -0.4 is 5.32 Å². The molecule has 1 aromatic rings. The molecule has 0 radical (unpaired) electrons. The zero-order chi connectivity index (χ0) is 13.2. The first-order chi connectivity index (χ1) is 9.29. The van der Waals surface area contributed by atoms with Gasteiger partial charge in [-0.05, 0) is 25.5 Å². The van der Waals surface area contributed by atoms with Gasteiger partial charge in [0.05, 0.1) is 5.92 Å². The molecule has 1 aromatic heterocycles. The highest BCUT2D eigenvalue weighted by atomic mass is 16.2. The molecule has 0 bridgehead atoms. The molecule has 2 aliphatic rings. The molecule has 19 heavy (non-hydrogen) atoms. The predicted octanol–water partition coefficient (Wildman–Crippen LogP) is 0.664. The van der Waals surface area contributed by atoms with Crippen LogP contribution in [0.1, 0.15) is 24.1 Å². The van der Waals surface area contributed by atoms with Gasteiger partial charge in [-0.2, -0.15) is 5.26 Å². The fourth-order valence-electron chi connectivity index (χ4n) is 3.02. The Kier molecular flexibility index (Phi) is 3.18. The van der Waals surface area contributed by atoms with Gasteiger partial charge in [0.25, 0.3) is 0 Å². The molecule has 0 saturated carbocycles. The first kappa shape index (κ1) is 12.1. The minimum atomic E-state index is 0.121. The number of carbonyl (C=O) groups is 1. The first-order valence-corrected chi connectivity index (χ1v) is 6.66. The Bertz CT molecular complexity index is 536. The summed E-state index contributed by atoms with van der Waals surface area (Å²) in [6.07, 6.45) is 3.65. The highest BCUT2D eigenvalue weighted by molar-refractivity contribution is 5.82. The number of aromatic nitrogens is 1. The fraction of sp³-hybridized carbons (Fsp3) is 0.500. The van der Waals surface area contributed by atoms with E-state index in [1.54, 1.807) is 6.20 Å². The van der Waals surface area contributed by atoms with Crippen molar-refractivity contribution in [3.05, 3.63) is 29.6 Å². The van der Waals surface area contributed by atoms with E-state index in [9.17, 15) is 4.79 Å². The molecule has 0 spiro atoms. The van der Waals surface area contributed by atoms with Gasteiger partial charge in [0.15, 0.2) is 0 Å². The van der Waals surface area contributed by atoms with Gasteiger partial charge in [0.2, 0.25) is 5.91 Å². The normalized spacial score (nSPS) is 26.1. The van der Waals surface area contributed by atoms with Crippen LogP contribution in [-0.4, -0.2) is 34.9 Å². The average Bonchev–Trinajstić information content (AvgIpc) is 2.77. The lowest BCUT2D eigenvalue weighted by molar-refractivity contribution is -0.131. The van der Waals surface area contributed by atoms with Crippen LogP contribution in [0.3, 0.4) is 0 Å². The van der Waals surface area contributed by atoms with Gasteiger partial charge < -0.3 is 10.2 Å². The molecule has 2 fully saturated rings. The number of hydrogen-bond donors (Lipinski definition) is 1. The number of fused-ring (bicyclic) bond motifs is 1. The molecular weight excluding hydrogens is 240 g/mol. The van der Waals surface area contributed by atoms with Crippen molar-refractivity contribution in [1.82, 2.24) is 15.2 Å². The number of piperidine rings is 1. The maximum atomic E-state index is 12.3. The summed E-state index contributed by atoms with van der Waals surface area (Å²) in [6.45, 7) is 2.23. The second-order valence-corrected chi connectivity index (χ2v) is 5.15. The van der Waals surface area contributed by atoms with Crippen LogP contribution in [-0.2, 0) is 11.3 Å². The Morgan fingerprint density at radius 1 is 1.58 bits per heavy atom. The zero-order valence-corrected chi connectivity index (χ0v) is 10.7. The largest absolute Gasteiger partial charge is 0.336 e. The minimum absolute atomic E-state index is 0.121. The lowest BCUT2D eigenvalue weighted by Gasteiger charge is -2.23. The molecule has 1 amide bonds. The Hall–Kier alpha value is -1.93. The van der Waals surface area contributed by atoms with E-state index in [0.29, 0.717) is 12.2 Å². The fourth-order valence-corrected chi connectivity index (χ4v) is 3.02. The van der Waals surface area contributed by atoms with E-state index in [4.69, 9.17) is 5.26 Å². The number of likely N-dealkylation sites (tertiary alicyclic amines) is 1. The summed E-state index contributed by atoms with van der Waals surface area (Å²) in [6, 6.07) is 6.04. The summed E-state index contributed by atoms with van der Waals surface area (Å²) in [5, 5.41) is 12.4. The summed E-state index contributed by atoms with van der Waals surface area (Å²) >= 11 is 0. The van der Waals surface area contributed by atoms with Crippen LogP contribution in [0.2, 0.25) is 0 Å². The number of nitrogens with one attached hydrogen (secondary N) is 1. The third-order valence-corrected chi connectivity index (χ3v) is 3.99. The predicted molar refractivity (Wildman–Crippen MR) is 68.9 cm³/mol. The van der Waals surface area contributed by atoms with Gasteiger partial charge in [-0.3, -0.25) is 4.79 Å². The molecular formula is C14H16N4O. The summed E-state index contributed by atoms with van der Waals surface area (Å²) < 4.78 is 0. The summed E-state index contributed by atoms with van der Waals surface area (Å²) in [5.74, 6) is 0.334. The molecule has 1 N–H and O–H groups in total. The molecule has 3 rings (SSSR count). The van der Waals surface area contributed by atoms with E-state index < -0.39 is 0 Å².